The Bertz CT molecular complexity index is 1090. The molecule has 4 nitrogen and oxygen atoms in total. The molecular weight excluding hydrogens is 428 g/mol. The van der Waals surface area contributed by atoms with Crippen LogP contribution >= 0.6 is 23.2 Å². The summed E-state index contributed by atoms with van der Waals surface area (Å²) in [5.74, 6) is -0.0779. The smallest absolute Gasteiger partial charge is 0.417 e. The number of carbonyl (C=O) groups is 1. The van der Waals surface area contributed by atoms with Crippen LogP contribution in [0.5, 0.6) is 0 Å². The van der Waals surface area contributed by atoms with Crippen LogP contribution in [-0.4, -0.2) is 12.1 Å². The fourth-order valence-corrected chi connectivity index (χ4v) is 3.04. The molecule has 9 heteroatoms. The maximum Gasteiger partial charge on any atom is 0.417 e. The monoisotopic (exact) mass is 440 g/mol. The van der Waals surface area contributed by atoms with E-state index >= 15 is 0 Å². The lowest BCUT2D eigenvalue weighted by atomic mass is 10.1. The van der Waals surface area contributed by atoms with Gasteiger partial charge < -0.3 is 4.42 Å². The number of aryl methyl sites for hydroxylation is 1. The highest BCUT2D eigenvalue weighted by Crippen LogP contribution is 2.37. The van der Waals surface area contributed by atoms with Crippen molar-refractivity contribution in [1.82, 2.24) is 5.43 Å². The number of hydrogen-bond donors (Lipinski definition) is 1. The van der Waals surface area contributed by atoms with Crippen molar-refractivity contribution in [1.29, 1.82) is 0 Å². The van der Waals surface area contributed by atoms with E-state index in [-0.39, 0.29) is 22.6 Å². The van der Waals surface area contributed by atoms with Gasteiger partial charge in [-0.3, -0.25) is 4.79 Å². The summed E-state index contributed by atoms with van der Waals surface area (Å²) in [5, 5.41) is 3.68. The summed E-state index contributed by atoms with van der Waals surface area (Å²) >= 11 is 11.6. The number of benzene rings is 2. The Labute approximate surface area is 173 Å². The number of nitrogens with zero attached hydrogens (tertiary/aromatic N) is 1. The Hall–Kier alpha value is -2.77. The Morgan fingerprint density at radius 1 is 1.07 bits per heavy atom. The Morgan fingerprint density at radius 3 is 2.52 bits per heavy atom. The number of amides is 1. The third kappa shape index (κ3) is 4.99. The molecule has 29 heavy (non-hydrogen) atoms. The summed E-state index contributed by atoms with van der Waals surface area (Å²) in [7, 11) is 0. The zero-order chi connectivity index (χ0) is 21.2. The van der Waals surface area contributed by atoms with Crippen LogP contribution in [0.25, 0.3) is 11.3 Å². The lowest BCUT2D eigenvalue weighted by molar-refractivity contribution is -0.137. The molecule has 0 aliphatic rings. The van der Waals surface area contributed by atoms with Gasteiger partial charge in [-0.05, 0) is 55.0 Å². The van der Waals surface area contributed by atoms with Crippen molar-refractivity contribution in [2.24, 2.45) is 5.10 Å². The van der Waals surface area contributed by atoms with Gasteiger partial charge in [0, 0.05) is 5.56 Å². The second kappa shape index (κ2) is 8.31. The molecule has 0 fully saturated rings. The molecule has 1 amide bonds. The predicted molar refractivity (Wildman–Crippen MR) is 105 cm³/mol. The van der Waals surface area contributed by atoms with Gasteiger partial charge >= 0.3 is 6.18 Å². The van der Waals surface area contributed by atoms with E-state index in [1.54, 1.807) is 18.2 Å². The van der Waals surface area contributed by atoms with E-state index in [4.69, 9.17) is 27.6 Å². The summed E-state index contributed by atoms with van der Waals surface area (Å²) < 4.78 is 44.5. The van der Waals surface area contributed by atoms with E-state index in [9.17, 15) is 18.0 Å². The van der Waals surface area contributed by atoms with Gasteiger partial charge in [-0.1, -0.05) is 29.3 Å². The predicted octanol–water partition coefficient (Wildman–Crippen LogP) is 6.34. The lowest BCUT2D eigenvalue weighted by Gasteiger charge is -2.09. The molecule has 0 spiro atoms. The van der Waals surface area contributed by atoms with Crippen molar-refractivity contribution in [2.75, 3.05) is 0 Å². The number of hydrazone groups is 1. The number of nitrogens with one attached hydrogen (secondary N) is 1. The summed E-state index contributed by atoms with van der Waals surface area (Å²) in [6, 6.07) is 11.4. The minimum absolute atomic E-state index is 0.196. The van der Waals surface area contributed by atoms with Crippen molar-refractivity contribution < 1.29 is 22.4 Å². The first-order valence-electron chi connectivity index (χ1n) is 8.21. The molecule has 3 aromatic rings. The fourth-order valence-electron chi connectivity index (χ4n) is 2.49. The number of furan rings is 1. The molecule has 0 unspecified atom stereocenters. The second-order valence-electron chi connectivity index (χ2n) is 6.08. The van der Waals surface area contributed by atoms with E-state index in [1.165, 1.54) is 24.4 Å². The van der Waals surface area contributed by atoms with E-state index in [0.29, 0.717) is 5.02 Å². The normalized spacial score (nSPS) is 11.8. The molecule has 1 heterocycles. The zero-order valence-electron chi connectivity index (χ0n) is 14.8. The maximum absolute atomic E-state index is 13.0. The fraction of sp³-hybridized carbons (Fsp3) is 0.100. The van der Waals surface area contributed by atoms with Gasteiger partial charge in [0.25, 0.3) is 5.91 Å². The van der Waals surface area contributed by atoms with Gasteiger partial charge in [-0.15, -0.1) is 0 Å². The third-order valence-corrected chi connectivity index (χ3v) is 4.55. The van der Waals surface area contributed by atoms with E-state index in [1.807, 2.05) is 6.92 Å². The van der Waals surface area contributed by atoms with Gasteiger partial charge in [0.05, 0.1) is 27.4 Å². The number of carbonyl (C=O) groups excluding carboxylic acids is 1. The highest BCUT2D eigenvalue weighted by molar-refractivity contribution is 6.34. The minimum atomic E-state index is -4.58. The van der Waals surface area contributed by atoms with Crippen LogP contribution in [-0.2, 0) is 6.18 Å². The zero-order valence-corrected chi connectivity index (χ0v) is 16.4. The van der Waals surface area contributed by atoms with Gasteiger partial charge in [-0.25, -0.2) is 5.43 Å². The molecule has 1 N–H and O–H groups in total. The van der Waals surface area contributed by atoms with Crippen molar-refractivity contribution in [3.8, 4) is 11.3 Å². The molecule has 0 atom stereocenters. The number of halogens is 5. The number of rotatable bonds is 4. The Kier molecular flexibility index (Phi) is 6.00. The van der Waals surface area contributed by atoms with Crippen LogP contribution in [0.4, 0.5) is 13.2 Å². The van der Waals surface area contributed by atoms with Gasteiger partial charge in [0.1, 0.15) is 11.5 Å². The van der Waals surface area contributed by atoms with Crippen LogP contribution < -0.4 is 5.43 Å². The quantitative estimate of drug-likeness (QED) is 0.379. The topological polar surface area (TPSA) is 54.6 Å². The molecule has 0 aliphatic heterocycles. The summed E-state index contributed by atoms with van der Waals surface area (Å²) in [6.07, 6.45) is -3.35. The van der Waals surface area contributed by atoms with Crippen LogP contribution in [0.2, 0.25) is 10.0 Å². The molecule has 0 saturated carbocycles. The van der Waals surface area contributed by atoms with E-state index in [2.05, 4.69) is 10.5 Å². The molecule has 0 aliphatic carbocycles. The molecule has 1 aromatic heterocycles. The maximum atomic E-state index is 13.0. The molecule has 0 saturated heterocycles. The highest BCUT2D eigenvalue weighted by atomic mass is 35.5. The molecule has 2 aromatic carbocycles. The van der Waals surface area contributed by atoms with Crippen LogP contribution in [0.15, 0.2) is 58.0 Å². The Balaban J connectivity index is 1.73. The molecule has 150 valence electrons. The van der Waals surface area contributed by atoms with Crippen LogP contribution in [0, 0.1) is 6.92 Å². The molecule has 0 bridgehead atoms. The highest BCUT2D eigenvalue weighted by Gasteiger charge is 2.33. The standard InChI is InChI=1S/C20H13Cl2F3N2O2/c1-11-2-5-14(17(22)8-11)19(28)27-26-10-13-4-7-18(29-13)12-3-6-16(21)15(9-12)20(23,24)25/h2-10H,1H3,(H,27,28)/b26-10-. The summed E-state index contributed by atoms with van der Waals surface area (Å²) in [4.78, 5) is 12.1. The van der Waals surface area contributed by atoms with Crippen molar-refractivity contribution in [3.63, 3.8) is 0 Å². The lowest BCUT2D eigenvalue weighted by Crippen LogP contribution is -2.18. The molecular formula is C20H13Cl2F3N2O2. The van der Waals surface area contributed by atoms with Gasteiger partial charge in [0.2, 0.25) is 0 Å². The molecule has 0 radical (unpaired) electrons. The first kappa shape index (κ1) is 21.0. The number of hydrogen-bond acceptors (Lipinski definition) is 3. The van der Waals surface area contributed by atoms with Crippen LogP contribution in [0.3, 0.4) is 0 Å². The van der Waals surface area contributed by atoms with Gasteiger partial charge in [-0.2, -0.15) is 18.3 Å². The van der Waals surface area contributed by atoms with Crippen LogP contribution in [0.1, 0.15) is 27.2 Å². The van der Waals surface area contributed by atoms with Crippen molar-refractivity contribution in [3.05, 3.63) is 81.0 Å². The average Bonchev–Trinajstić information content (AvgIpc) is 3.10. The SMILES string of the molecule is Cc1ccc(C(=O)N/N=C\c2ccc(-c3ccc(Cl)c(C(F)(F)F)c3)o2)c(Cl)c1. The largest absolute Gasteiger partial charge is 0.455 e. The average molecular weight is 441 g/mol. The van der Waals surface area contributed by atoms with Crippen molar-refractivity contribution >= 4 is 35.3 Å². The summed E-state index contributed by atoms with van der Waals surface area (Å²) in [6.45, 7) is 1.85. The van der Waals surface area contributed by atoms with E-state index < -0.39 is 22.7 Å². The third-order valence-electron chi connectivity index (χ3n) is 3.91. The van der Waals surface area contributed by atoms with E-state index in [0.717, 1.165) is 17.7 Å². The number of alkyl halides is 3. The van der Waals surface area contributed by atoms with Crippen molar-refractivity contribution in [2.45, 2.75) is 13.1 Å². The first-order chi connectivity index (χ1) is 13.6. The Morgan fingerprint density at radius 2 is 1.83 bits per heavy atom. The summed E-state index contributed by atoms with van der Waals surface area (Å²) in [5.41, 5.74) is 2.74. The van der Waals surface area contributed by atoms with Gasteiger partial charge in [0.15, 0.2) is 0 Å². The first-order valence-corrected chi connectivity index (χ1v) is 8.97. The minimum Gasteiger partial charge on any atom is -0.455 e. The molecule has 3 rings (SSSR count). The second-order valence-corrected chi connectivity index (χ2v) is 6.89.